The van der Waals surface area contributed by atoms with Crippen molar-refractivity contribution in [2.75, 3.05) is 6.54 Å². The third-order valence-electron chi connectivity index (χ3n) is 3.12. The van der Waals surface area contributed by atoms with E-state index < -0.39 is 12.0 Å². The number of hydrogen-bond acceptors (Lipinski definition) is 2. The van der Waals surface area contributed by atoms with Gasteiger partial charge in [-0.25, -0.2) is 4.79 Å². The Morgan fingerprint density at radius 1 is 1.38 bits per heavy atom. The zero-order valence-corrected chi connectivity index (χ0v) is 9.95. The summed E-state index contributed by atoms with van der Waals surface area (Å²) < 4.78 is 0. The molecule has 1 aliphatic heterocycles. The minimum Gasteiger partial charge on any atom is -0.480 e. The predicted molar refractivity (Wildman–Crippen MR) is 61.1 cm³/mol. The van der Waals surface area contributed by atoms with Gasteiger partial charge in [0.1, 0.15) is 6.04 Å². The molecule has 1 rings (SSSR count). The van der Waals surface area contributed by atoms with E-state index in [1.54, 1.807) is 0 Å². The smallest absolute Gasteiger partial charge is 0.326 e. The number of rotatable bonds is 7. The molecule has 0 aromatic heterocycles. The summed E-state index contributed by atoms with van der Waals surface area (Å²) in [5.74, 6) is -0.859. The number of aliphatic carboxylic acids is 1. The van der Waals surface area contributed by atoms with Crippen molar-refractivity contribution in [2.45, 2.75) is 57.9 Å². The first kappa shape index (κ1) is 13.0. The Labute approximate surface area is 96.6 Å². The highest BCUT2D eigenvalue weighted by Crippen LogP contribution is 2.19. The van der Waals surface area contributed by atoms with Gasteiger partial charge < -0.3 is 10.0 Å². The molecule has 1 aliphatic rings. The second-order valence-corrected chi connectivity index (χ2v) is 4.39. The van der Waals surface area contributed by atoms with Crippen molar-refractivity contribution in [3.8, 4) is 0 Å². The van der Waals surface area contributed by atoms with E-state index in [-0.39, 0.29) is 5.91 Å². The zero-order chi connectivity index (χ0) is 12.0. The fourth-order valence-corrected chi connectivity index (χ4v) is 2.16. The lowest BCUT2D eigenvalue weighted by Gasteiger charge is -2.21. The predicted octanol–water partition coefficient (Wildman–Crippen LogP) is 2.03. The lowest BCUT2D eigenvalue weighted by Crippen LogP contribution is -2.39. The van der Waals surface area contributed by atoms with Gasteiger partial charge in [0, 0.05) is 13.0 Å². The highest BCUT2D eigenvalue weighted by molar-refractivity contribution is 5.87. The Hall–Kier alpha value is -1.06. The maximum absolute atomic E-state index is 11.5. The summed E-state index contributed by atoms with van der Waals surface area (Å²) in [4.78, 5) is 23.9. The molecule has 1 fully saturated rings. The number of likely N-dealkylation sites (tertiary alicyclic amines) is 1. The molecule has 0 spiro atoms. The van der Waals surface area contributed by atoms with E-state index in [1.165, 1.54) is 24.2 Å². The van der Waals surface area contributed by atoms with Crippen molar-refractivity contribution < 1.29 is 14.7 Å². The molecule has 4 heteroatoms. The second kappa shape index (κ2) is 6.51. The van der Waals surface area contributed by atoms with Crippen LogP contribution in [-0.2, 0) is 9.59 Å². The van der Waals surface area contributed by atoms with Gasteiger partial charge in [0.05, 0.1) is 0 Å². The summed E-state index contributed by atoms with van der Waals surface area (Å²) in [5, 5.41) is 8.95. The van der Waals surface area contributed by atoms with Gasteiger partial charge in [-0.3, -0.25) is 4.79 Å². The van der Waals surface area contributed by atoms with Crippen molar-refractivity contribution in [3.63, 3.8) is 0 Å². The quantitative estimate of drug-likeness (QED) is 0.677. The molecule has 0 aromatic rings. The van der Waals surface area contributed by atoms with Crippen LogP contribution in [0, 0.1) is 0 Å². The fraction of sp³-hybridized carbons (Fsp3) is 0.833. The van der Waals surface area contributed by atoms with Crippen LogP contribution < -0.4 is 0 Å². The fourth-order valence-electron chi connectivity index (χ4n) is 2.16. The van der Waals surface area contributed by atoms with Crippen molar-refractivity contribution in [2.24, 2.45) is 0 Å². The van der Waals surface area contributed by atoms with E-state index in [2.05, 4.69) is 6.92 Å². The number of amides is 1. The van der Waals surface area contributed by atoms with Crippen molar-refractivity contribution in [1.29, 1.82) is 0 Å². The van der Waals surface area contributed by atoms with E-state index in [4.69, 9.17) is 5.11 Å². The van der Waals surface area contributed by atoms with Crippen LogP contribution in [0.2, 0.25) is 0 Å². The first-order chi connectivity index (χ1) is 7.66. The third kappa shape index (κ3) is 3.51. The van der Waals surface area contributed by atoms with Crippen molar-refractivity contribution in [1.82, 2.24) is 4.90 Å². The molecule has 0 aromatic carbocycles. The van der Waals surface area contributed by atoms with Crippen molar-refractivity contribution >= 4 is 11.9 Å². The third-order valence-corrected chi connectivity index (χ3v) is 3.12. The van der Waals surface area contributed by atoms with E-state index in [0.29, 0.717) is 19.4 Å². The van der Waals surface area contributed by atoms with Gasteiger partial charge in [-0.1, -0.05) is 32.6 Å². The van der Waals surface area contributed by atoms with Gasteiger partial charge in [0.15, 0.2) is 0 Å². The number of nitrogens with zero attached hydrogens (tertiary/aromatic N) is 1. The molecule has 1 amide bonds. The summed E-state index contributed by atoms with van der Waals surface area (Å²) in [6.07, 6.45) is 6.47. The topological polar surface area (TPSA) is 57.6 Å². The number of carboxylic acids is 1. The minimum atomic E-state index is -0.862. The Morgan fingerprint density at radius 3 is 2.69 bits per heavy atom. The molecular weight excluding hydrogens is 206 g/mol. The van der Waals surface area contributed by atoms with Gasteiger partial charge in [-0.15, -0.1) is 0 Å². The second-order valence-electron chi connectivity index (χ2n) is 4.39. The maximum atomic E-state index is 11.5. The average molecular weight is 227 g/mol. The van der Waals surface area contributed by atoms with Crippen LogP contribution in [0.3, 0.4) is 0 Å². The Kier molecular flexibility index (Phi) is 5.29. The Balaban J connectivity index is 2.27. The van der Waals surface area contributed by atoms with Crippen LogP contribution >= 0.6 is 0 Å². The Morgan fingerprint density at radius 2 is 2.06 bits per heavy atom. The standard InChI is InChI=1S/C12H21NO3/c1-2-3-4-5-6-9-13-10(12(15)16)7-8-11(13)14/h10H,2-9H2,1H3,(H,15,16). The molecule has 1 N–H and O–H groups in total. The van der Waals surface area contributed by atoms with Crippen LogP contribution in [0.15, 0.2) is 0 Å². The van der Waals surface area contributed by atoms with Crippen LogP contribution in [-0.4, -0.2) is 34.5 Å². The summed E-state index contributed by atoms with van der Waals surface area (Å²) in [5.41, 5.74) is 0. The molecule has 0 aliphatic carbocycles. The van der Waals surface area contributed by atoms with E-state index >= 15 is 0 Å². The lowest BCUT2D eigenvalue weighted by atomic mass is 10.1. The number of carbonyl (C=O) groups is 2. The molecule has 1 atom stereocenters. The van der Waals surface area contributed by atoms with Crippen molar-refractivity contribution in [3.05, 3.63) is 0 Å². The number of carbonyl (C=O) groups excluding carboxylic acids is 1. The van der Waals surface area contributed by atoms with E-state index in [0.717, 1.165) is 12.8 Å². The molecule has 0 saturated carbocycles. The molecule has 1 saturated heterocycles. The highest BCUT2D eigenvalue weighted by Gasteiger charge is 2.35. The van der Waals surface area contributed by atoms with Gasteiger partial charge in [-0.2, -0.15) is 0 Å². The van der Waals surface area contributed by atoms with Gasteiger partial charge in [0.2, 0.25) is 5.91 Å². The van der Waals surface area contributed by atoms with E-state index in [1.807, 2.05) is 0 Å². The normalized spacial score (nSPS) is 20.4. The summed E-state index contributed by atoms with van der Waals surface area (Å²) in [6, 6.07) is -0.571. The van der Waals surface area contributed by atoms with Crippen LogP contribution in [0.1, 0.15) is 51.9 Å². The largest absolute Gasteiger partial charge is 0.480 e. The van der Waals surface area contributed by atoms with Crippen LogP contribution in [0.5, 0.6) is 0 Å². The molecule has 1 heterocycles. The number of hydrogen-bond donors (Lipinski definition) is 1. The van der Waals surface area contributed by atoms with Gasteiger partial charge in [0.25, 0.3) is 0 Å². The molecular formula is C12H21NO3. The molecule has 1 unspecified atom stereocenters. The lowest BCUT2D eigenvalue weighted by molar-refractivity contribution is -0.146. The molecule has 4 nitrogen and oxygen atoms in total. The maximum Gasteiger partial charge on any atom is 0.326 e. The first-order valence-corrected chi connectivity index (χ1v) is 6.19. The highest BCUT2D eigenvalue weighted by atomic mass is 16.4. The number of unbranched alkanes of at least 4 members (excludes halogenated alkanes) is 4. The van der Waals surface area contributed by atoms with E-state index in [9.17, 15) is 9.59 Å². The number of carboxylic acid groups (broad SMARTS) is 1. The molecule has 16 heavy (non-hydrogen) atoms. The Bertz CT molecular complexity index is 253. The van der Waals surface area contributed by atoms with Gasteiger partial charge in [-0.05, 0) is 12.8 Å². The first-order valence-electron chi connectivity index (χ1n) is 6.19. The van der Waals surface area contributed by atoms with Crippen LogP contribution in [0.4, 0.5) is 0 Å². The molecule has 0 radical (unpaired) electrons. The molecule has 92 valence electrons. The van der Waals surface area contributed by atoms with Crippen LogP contribution in [0.25, 0.3) is 0 Å². The average Bonchev–Trinajstić information content (AvgIpc) is 2.60. The summed E-state index contributed by atoms with van der Waals surface area (Å²) in [7, 11) is 0. The zero-order valence-electron chi connectivity index (χ0n) is 9.95. The summed E-state index contributed by atoms with van der Waals surface area (Å²) >= 11 is 0. The molecule has 0 bridgehead atoms. The minimum absolute atomic E-state index is 0.00268. The summed E-state index contributed by atoms with van der Waals surface area (Å²) in [6.45, 7) is 2.77. The SMILES string of the molecule is CCCCCCCN1C(=O)CCC1C(=O)O. The van der Waals surface area contributed by atoms with Gasteiger partial charge >= 0.3 is 5.97 Å². The monoisotopic (exact) mass is 227 g/mol.